The van der Waals surface area contributed by atoms with Crippen molar-refractivity contribution >= 4 is 6.03 Å². The first-order valence-electron chi connectivity index (χ1n) is 7.82. The molecule has 2 aliphatic carbocycles. The normalized spacial score (nSPS) is 19.9. The Bertz CT molecular complexity index is 423. The van der Waals surface area contributed by atoms with Crippen molar-refractivity contribution in [3.05, 3.63) is 24.2 Å². The molecule has 0 bridgehead atoms. The van der Waals surface area contributed by atoms with E-state index in [1.165, 1.54) is 25.7 Å². The highest BCUT2D eigenvalue weighted by molar-refractivity contribution is 5.74. The van der Waals surface area contributed by atoms with Crippen LogP contribution >= 0.6 is 0 Å². The number of furan rings is 1. The van der Waals surface area contributed by atoms with Gasteiger partial charge in [-0.05, 0) is 63.0 Å². The quantitative estimate of drug-likeness (QED) is 0.804. The van der Waals surface area contributed by atoms with Crippen LogP contribution in [-0.4, -0.2) is 18.1 Å². The molecule has 4 heteroatoms. The lowest BCUT2D eigenvalue weighted by atomic mass is 10.1. The van der Waals surface area contributed by atoms with Gasteiger partial charge in [-0.15, -0.1) is 0 Å². The van der Waals surface area contributed by atoms with E-state index in [0.717, 1.165) is 30.4 Å². The molecule has 0 saturated heterocycles. The van der Waals surface area contributed by atoms with Crippen LogP contribution in [-0.2, 0) is 6.42 Å². The summed E-state index contributed by atoms with van der Waals surface area (Å²) >= 11 is 0. The molecule has 0 spiro atoms. The molecule has 1 aromatic heterocycles. The van der Waals surface area contributed by atoms with Gasteiger partial charge in [-0.1, -0.05) is 0 Å². The first-order valence-corrected chi connectivity index (χ1v) is 7.82. The molecule has 1 heterocycles. The van der Waals surface area contributed by atoms with Gasteiger partial charge in [0.1, 0.15) is 5.76 Å². The van der Waals surface area contributed by atoms with Crippen LogP contribution in [0.1, 0.15) is 44.8 Å². The van der Waals surface area contributed by atoms with E-state index in [0.29, 0.717) is 6.04 Å². The van der Waals surface area contributed by atoms with E-state index in [1.54, 1.807) is 6.26 Å². The minimum absolute atomic E-state index is 0.000690. The zero-order chi connectivity index (χ0) is 13.9. The highest BCUT2D eigenvalue weighted by Crippen LogP contribution is 2.44. The Hall–Kier alpha value is -1.45. The second-order valence-electron chi connectivity index (χ2n) is 6.34. The molecule has 0 aliphatic heterocycles. The molecule has 0 aromatic carbocycles. The standard InChI is InChI=1S/C16H24N2O2/c1-11(4-9-14-3-2-10-20-14)17-16(19)18-15(12-5-6-12)13-7-8-13/h2-3,10-13,15H,4-9H2,1H3,(H2,17,18,19). The van der Waals surface area contributed by atoms with Crippen molar-refractivity contribution < 1.29 is 9.21 Å². The summed E-state index contributed by atoms with van der Waals surface area (Å²) < 4.78 is 5.30. The molecule has 1 unspecified atom stereocenters. The van der Waals surface area contributed by atoms with Crippen molar-refractivity contribution in [1.82, 2.24) is 10.6 Å². The van der Waals surface area contributed by atoms with Gasteiger partial charge in [0.15, 0.2) is 0 Å². The summed E-state index contributed by atoms with van der Waals surface area (Å²) in [6.07, 6.45) is 8.60. The molecule has 2 N–H and O–H groups in total. The highest BCUT2D eigenvalue weighted by Gasteiger charge is 2.42. The van der Waals surface area contributed by atoms with Crippen molar-refractivity contribution in [3.63, 3.8) is 0 Å². The van der Waals surface area contributed by atoms with Crippen LogP contribution in [0.5, 0.6) is 0 Å². The Morgan fingerprint density at radius 2 is 2.00 bits per heavy atom. The van der Waals surface area contributed by atoms with Gasteiger partial charge < -0.3 is 15.1 Å². The average molecular weight is 276 g/mol. The van der Waals surface area contributed by atoms with Gasteiger partial charge in [0.05, 0.1) is 6.26 Å². The third kappa shape index (κ3) is 3.78. The lowest BCUT2D eigenvalue weighted by Crippen LogP contribution is -2.47. The number of carbonyl (C=O) groups excluding carboxylic acids is 1. The molecule has 2 fully saturated rings. The van der Waals surface area contributed by atoms with Crippen molar-refractivity contribution in [2.24, 2.45) is 11.8 Å². The van der Waals surface area contributed by atoms with Gasteiger partial charge in [-0.2, -0.15) is 0 Å². The molecule has 2 saturated carbocycles. The molecule has 2 aliphatic rings. The van der Waals surface area contributed by atoms with Crippen LogP contribution in [0, 0.1) is 11.8 Å². The van der Waals surface area contributed by atoms with E-state index < -0.39 is 0 Å². The van der Waals surface area contributed by atoms with Crippen LogP contribution in [0.3, 0.4) is 0 Å². The van der Waals surface area contributed by atoms with E-state index in [2.05, 4.69) is 10.6 Å². The smallest absolute Gasteiger partial charge is 0.315 e. The third-order valence-corrected chi connectivity index (χ3v) is 4.34. The minimum atomic E-state index is 0.000690. The summed E-state index contributed by atoms with van der Waals surface area (Å²) in [4.78, 5) is 12.0. The molecule has 4 nitrogen and oxygen atoms in total. The van der Waals surface area contributed by atoms with Gasteiger partial charge in [-0.3, -0.25) is 0 Å². The Labute approximate surface area is 120 Å². The Morgan fingerprint density at radius 3 is 2.55 bits per heavy atom. The van der Waals surface area contributed by atoms with Crippen molar-refractivity contribution in [2.45, 2.75) is 57.5 Å². The molecule has 20 heavy (non-hydrogen) atoms. The zero-order valence-corrected chi connectivity index (χ0v) is 12.1. The van der Waals surface area contributed by atoms with Gasteiger partial charge in [0.2, 0.25) is 0 Å². The summed E-state index contributed by atoms with van der Waals surface area (Å²) in [5.74, 6) is 2.46. The molecule has 1 aromatic rings. The molecule has 3 rings (SSSR count). The fourth-order valence-corrected chi connectivity index (χ4v) is 2.83. The largest absolute Gasteiger partial charge is 0.469 e. The second kappa shape index (κ2) is 5.90. The van der Waals surface area contributed by atoms with Crippen LogP contribution < -0.4 is 10.6 Å². The molecule has 2 amide bonds. The van der Waals surface area contributed by atoms with Crippen LogP contribution in [0.2, 0.25) is 0 Å². The SMILES string of the molecule is CC(CCc1ccco1)NC(=O)NC(C1CC1)C1CC1. The van der Waals surface area contributed by atoms with E-state index in [-0.39, 0.29) is 12.1 Å². The molecular weight excluding hydrogens is 252 g/mol. The van der Waals surface area contributed by atoms with Crippen LogP contribution in [0.25, 0.3) is 0 Å². The second-order valence-corrected chi connectivity index (χ2v) is 6.34. The van der Waals surface area contributed by atoms with E-state index in [1.807, 2.05) is 19.1 Å². The lowest BCUT2D eigenvalue weighted by molar-refractivity contribution is 0.229. The number of nitrogens with one attached hydrogen (secondary N) is 2. The number of hydrogen-bond acceptors (Lipinski definition) is 2. The van der Waals surface area contributed by atoms with Crippen molar-refractivity contribution in [2.75, 3.05) is 0 Å². The van der Waals surface area contributed by atoms with Gasteiger partial charge >= 0.3 is 6.03 Å². The predicted octanol–water partition coefficient (Wildman–Crippen LogP) is 3.09. The van der Waals surface area contributed by atoms with Crippen LogP contribution in [0.4, 0.5) is 4.79 Å². The maximum Gasteiger partial charge on any atom is 0.315 e. The number of carbonyl (C=O) groups is 1. The summed E-state index contributed by atoms with van der Waals surface area (Å²) in [6.45, 7) is 2.05. The highest BCUT2D eigenvalue weighted by atomic mass is 16.3. The lowest BCUT2D eigenvalue weighted by Gasteiger charge is -2.20. The number of amides is 2. The molecule has 0 radical (unpaired) electrons. The Balaban J connectivity index is 1.38. The summed E-state index contributed by atoms with van der Waals surface area (Å²) in [6, 6.07) is 4.46. The Kier molecular flexibility index (Phi) is 3.99. The number of hydrogen-bond donors (Lipinski definition) is 2. The fourth-order valence-electron chi connectivity index (χ4n) is 2.83. The zero-order valence-electron chi connectivity index (χ0n) is 12.1. The average Bonchev–Trinajstić information content (AvgIpc) is 3.34. The summed E-state index contributed by atoms with van der Waals surface area (Å²) in [7, 11) is 0. The first-order chi connectivity index (χ1) is 9.72. The van der Waals surface area contributed by atoms with E-state index in [9.17, 15) is 4.79 Å². The Morgan fingerprint density at radius 1 is 1.30 bits per heavy atom. The molecule has 1 atom stereocenters. The van der Waals surface area contributed by atoms with Crippen LogP contribution in [0.15, 0.2) is 22.8 Å². The molecule has 110 valence electrons. The fraction of sp³-hybridized carbons (Fsp3) is 0.688. The monoisotopic (exact) mass is 276 g/mol. The van der Waals surface area contributed by atoms with Crippen molar-refractivity contribution in [3.8, 4) is 0 Å². The van der Waals surface area contributed by atoms with Gasteiger partial charge in [-0.25, -0.2) is 4.79 Å². The third-order valence-electron chi connectivity index (χ3n) is 4.34. The minimum Gasteiger partial charge on any atom is -0.469 e. The van der Waals surface area contributed by atoms with Gasteiger partial charge in [0.25, 0.3) is 0 Å². The number of aryl methyl sites for hydroxylation is 1. The van der Waals surface area contributed by atoms with E-state index >= 15 is 0 Å². The maximum absolute atomic E-state index is 12.0. The topological polar surface area (TPSA) is 54.3 Å². The summed E-state index contributed by atoms with van der Waals surface area (Å²) in [5.41, 5.74) is 0. The first kappa shape index (κ1) is 13.5. The van der Waals surface area contributed by atoms with Gasteiger partial charge in [0, 0.05) is 18.5 Å². The van der Waals surface area contributed by atoms with E-state index in [4.69, 9.17) is 4.42 Å². The predicted molar refractivity (Wildman–Crippen MR) is 77.4 cm³/mol. The molecular formula is C16H24N2O2. The summed E-state index contributed by atoms with van der Waals surface area (Å²) in [5, 5.41) is 6.24. The van der Waals surface area contributed by atoms with Crippen molar-refractivity contribution in [1.29, 1.82) is 0 Å². The number of urea groups is 1. The number of rotatable bonds is 7. The maximum atomic E-state index is 12.0.